The predicted octanol–water partition coefficient (Wildman–Crippen LogP) is 16.0. The smallest absolute Gasteiger partial charge is 0.184 e. The largest absolute Gasteiger partial charge is 0.385 e. The summed E-state index contributed by atoms with van der Waals surface area (Å²) in [5.41, 5.74) is 19.1. The molecule has 6 heterocycles. The van der Waals surface area contributed by atoms with Crippen molar-refractivity contribution < 1.29 is 4.84 Å². The molecule has 0 aliphatic carbocycles. The van der Waals surface area contributed by atoms with Gasteiger partial charge in [0.1, 0.15) is 5.71 Å². The number of H-pyrrole nitrogens is 2. The zero-order valence-corrected chi connectivity index (χ0v) is 37.8. The van der Waals surface area contributed by atoms with Gasteiger partial charge >= 0.3 is 0 Å². The van der Waals surface area contributed by atoms with Crippen LogP contribution < -0.4 is 0 Å². The lowest BCUT2D eigenvalue weighted by Gasteiger charge is -2.17. The van der Waals surface area contributed by atoms with Crippen LogP contribution in [0, 0.1) is 20.8 Å². The van der Waals surface area contributed by atoms with Gasteiger partial charge in [0.05, 0.1) is 28.7 Å². The maximum Gasteiger partial charge on any atom is 0.184 e. The van der Waals surface area contributed by atoms with Gasteiger partial charge in [0, 0.05) is 70.0 Å². The van der Waals surface area contributed by atoms with Crippen LogP contribution in [0.1, 0.15) is 57.1 Å². The van der Waals surface area contributed by atoms with E-state index in [1.165, 1.54) is 5.56 Å². The van der Waals surface area contributed by atoms with Gasteiger partial charge in [0.25, 0.3) is 0 Å². The van der Waals surface area contributed by atoms with Crippen LogP contribution in [0.15, 0.2) is 139 Å². The molecule has 64 heavy (non-hydrogen) atoms. The third kappa shape index (κ3) is 7.02. The van der Waals surface area contributed by atoms with Crippen molar-refractivity contribution in [1.29, 1.82) is 0 Å². The van der Waals surface area contributed by atoms with E-state index in [0.29, 0.717) is 20.1 Å². The molecule has 2 N–H and O–H groups in total. The summed E-state index contributed by atoms with van der Waals surface area (Å²) in [6.45, 7) is 6.40. The summed E-state index contributed by atoms with van der Waals surface area (Å²) in [6.07, 6.45) is 3.56. The highest BCUT2D eigenvalue weighted by molar-refractivity contribution is 6.31. The van der Waals surface area contributed by atoms with Crippen LogP contribution in [0.25, 0.3) is 78.7 Å². The summed E-state index contributed by atoms with van der Waals surface area (Å²) >= 11 is 26.1. The second-order valence-corrected chi connectivity index (χ2v) is 18.2. The molecule has 0 saturated heterocycles. The van der Waals surface area contributed by atoms with Crippen LogP contribution in [-0.4, -0.2) is 25.6 Å². The molecule has 0 spiro atoms. The monoisotopic (exact) mass is 911 g/mol. The van der Waals surface area contributed by atoms with Crippen molar-refractivity contribution in [3.63, 3.8) is 0 Å². The van der Waals surface area contributed by atoms with Crippen molar-refractivity contribution in [2.24, 2.45) is 5.16 Å². The van der Waals surface area contributed by atoms with Crippen molar-refractivity contribution in [3.05, 3.63) is 199 Å². The minimum absolute atomic E-state index is 0.394. The van der Waals surface area contributed by atoms with Crippen molar-refractivity contribution in [1.82, 2.24) is 19.9 Å². The summed E-state index contributed by atoms with van der Waals surface area (Å²) in [5, 5.41) is 7.54. The second-order valence-electron chi connectivity index (χ2n) is 16.5. The van der Waals surface area contributed by atoms with Gasteiger partial charge < -0.3 is 14.8 Å². The first-order valence-electron chi connectivity index (χ1n) is 20.9. The lowest BCUT2D eigenvalue weighted by molar-refractivity contribution is 0.0800. The van der Waals surface area contributed by atoms with E-state index >= 15 is 0 Å². The molecule has 3 aliphatic rings. The molecule has 0 amide bonds. The Hall–Kier alpha value is -6.41. The van der Waals surface area contributed by atoms with Crippen LogP contribution in [-0.2, 0) is 4.84 Å². The fraction of sp³-hybridized carbons (Fsp3) is 0.0926. The number of benzene rings is 5. The number of nitrogens with zero attached hydrogens (tertiary/aromatic N) is 3. The first-order chi connectivity index (χ1) is 31.1. The number of hydrogen-bond acceptors (Lipinski definition) is 4. The molecule has 0 radical (unpaired) electrons. The molecule has 312 valence electrons. The molecule has 3 aromatic heterocycles. The van der Waals surface area contributed by atoms with E-state index in [0.717, 1.165) is 112 Å². The SMILES string of the molecule is Cc1cc(C)c(C2=NOC3c4nc(c(-c5ccc(Cl)cc5)c5ccc([nH]5)c(-c5ccc(Cl)cc5)c5nc(c(-c6ccc(Cl)cc6)c6ccc([nH]6)c4-c4ccc(Cl)cc4)C=C5)C23)c(C)c1. The minimum atomic E-state index is -0.579. The van der Waals surface area contributed by atoms with Crippen LogP contribution in [0.2, 0.25) is 20.1 Å². The van der Waals surface area contributed by atoms with Crippen LogP contribution >= 0.6 is 46.4 Å². The van der Waals surface area contributed by atoms with Gasteiger partial charge in [0.2, 0.25) is 0 Å². The maximum atomic E-state index is 6.70. The number of aromatic amines is 2. The Bertz CT molecular complexity index is 3400. The van der Waals surface area contributed by atoms with E-state index in [1.807, 2.05) is 97.1 Å². The first-order valence-corrected chi connectivity index (χ1v) is 22.4. The van der Waals surface area contributed by atoms with E-state index in [4.69, 9.17) is 66.4 Å². The molecule has 10 heteroatoms. The van der Waals surface area contributed by atoms with Crippen LogP contribution in [0.5, 0.6) is 0 Å². The van der Waals surface area contributed by atoms with Gasteiger partial charge in [-0.15, -0.1) is 0 Å². The van der Waals surface area contributed by atoms with Gasteiger partial charge in [-0.3, -0.25) is 4.98 Å². The molecule has 8 aromatic rings. The van der Waals surface area contributed by atoms with Gasteiger partial charge in [-0.1, -0.05) is 118 Å². The average molecular weight is 914 g/mol. The predicted molar refractivity (Wildman–Crippen MR) is 265 cm³/mol. The molecule has 8 bridgehead atoms. The molecule has 11 rings (SSSR count). The molecular weight excluding hydrogens is 876 g/mol. The van der Waals surface area contributed by atoms with E-state index in [9.17, 15) is 0 Å². The molecule has 2 atom stereocenters. The molecule has 3 aliphatic heterocycles. The van der Waals surface area contributed by atoms with E-state index in [2.05, 4.69) is 79.3 Å². The average Bonchev–Trinajstić information content (AvgIpc) is 4.14. The summed E-state index contributed by atoms with van der Waals surface area (Å²) in [7, 11) is 0. The lowest BCUT2D eigenvalue weighted by Crippen LogP contribution is -2.16. The van der Waals surface area contributed by atoms with Crippen molar-refractivity contribution in [3.8, 4) is 44.5 Å². The number of aromatic nitrogens is 4. The summed E-state index contributed by atoms with van der Waals surface area (Å²) < 4.78 is 0. The lowest BCUT2D eigenvalue weighted by atomic mass is 9.83. The fourth-order valence-corrected chi connectivity index (χ4v) is 10.1. The zero-order chi connectivity index (χ0) is 43.8. The summed E-state index contributed by atoms with van der Waals surface area (Å²) in [6, 6.07) is 44.4. The number of rotatable bonds is 5. The molecular formula is C54H37Cl4N5O. The molecule has 6 nitrogen and oxygen atoms in total. The standard InChI is InChI=1S/C54H37Cl4N5O/c1-28-26-29(2)45(30(3)27-28)52-50-51-48(33-8-16-37(57)17-9-33)43-24-22-41(60-43)46(31-4-12-35(55)13-5-31)39-20-21-40(59-39)47(32-6-14-36(56)15-7-32)42-23-25-44(61-42)49(34-10-18-38(58)19-11-34)53(62-51)54(50)64-63-52/h4-27,50,54,60-61H,1-3H3. The molecule has 0 saturated carbocycles. The maximum absolute atomic E-state index is 6.70. The molecule has 2 unspecified atom stereocenters. The van der Waals surface area contributed by atoms with Gasteiger partial charge in [-0.25, -0.2) is 4.98 Å². The fourth-order valence-electron chi connectivity index (χ4n) is 9.56. The van der Waals surface area contributed by atoms with E-state index in [1.54, 1.807) is 0 Å². The summed E-state index contributed by atoms with van der Waals surface area (Å²) in [5.74, 6) is -0.394. The number of aryl methyl sites for hydroxylation is 3. The second kappa shape index (κ2) is 16.0. The molecule has 5 aromatic carbocycles. The number of fused-ring (bicyclic) bond motifs is 11. The zero-order valence-electron chi connectivity index (χ0n) is 34.8. The Morgan fingerprint density at radius 3 is 1.23 bits per heavy atom. The van der Waals surface area contributed by atoms with Crippen molar-refractivity contribution >= 4 is 86.3 Å². The highest BCUT2D eigenvalue weighted by atomic mass is 35.5. The number of halogens is 4. The Morgan fingerprint density at radius 2 is 0.812 bits per heavy atom. The Kier molecular flexibility index (Phi) is 10.1. The third-order valence-corrected chi connectivity index (χ3v) is 13.3. The highest BCUT2D eigenvalue weighted by Gasteiger charge is 2.47. The van der Waals surface area contributed by atoms with Gasteiger partial charge in [0.15, 0.2) is 6.10 Å². The van der Waals surface area contributed by atoms with Crippen LogP contribution in [0.3, 0.4) is 0 Å². The number of hydrogen-bond donors (Lipinski definition) is 2. The summed E-state index contributed by atoms with van der Waals surface area (Å²) in [4.78, 5) is 25.6. The normalized spacial score (nSPS) is 15.3. The Morgan fingerprint density at radius 1 is 0.438 bits per heavy atom. The van der Waals surface area contributed by atoms with Gasteiger partial charge in [-0.2, -0.15) is 0 Å². The number of nitrogens with one attached hydrogen (secondary N) is 2. The first kappa shape index (κ1) is 40.4. The van der Waals surface area contributed by atoms with E-state index < -0.39 is 12.0 Å². The molecule has 0 fully saturated rings. The third-order valence-electron chi connectivity index (χ3n) is 12.2. The topological polar surface area (TPSA) is 79.0 Å². The van der Waals surface area contributed by atoms with Crippen molar-refractivity contribution in [2.75, 3.05) is 0 Å². The van der Waals surface area contributed by atoms with Crippen LogP contribution in [0.4, 0.5) is 0 Å². The quantitative estimate of drug-likeness (QED) is 0.181. The highest BCUT2D eigenvalue weighted by Crippen LogP contribution is 2.52. The van der Waals surface area contributed by atoms with Gasteiger partial charge in [-0.05, 0) is 139 Å². The van der Waals surface area contributed by atoms with Crippen molar-refractivity contribution in [2.45, 2.75) is 32.8 Å². The Labute approximate surface area is 389 Å². The Balaban J connectivity index is 1.34. The number of oxime groups is 1. The minimum Gasteiger partial charge on any atom is -0.385 e. The van der Waals surface area contributed by atoms with E-state index in [-0.39, 0.29) is 0 Å².